The number of methoxy groups -OCH3 is 1. The number of hydrogen-bond donors (Lipinski definition) is 2. The second-order valence-electron chi connectivity index (χ2n) is 5.44. The smallest absolute Gasteiger partial charge is 0.119 e. The number of nitrogens with one attached hydrogen (secondary N) is 1. The third-order valence-corrected chi connectivity index (χ3v) is 3.86. The molecule has 0 aliphatic heterocycles. The number of ether oxygens (including phenoxy) is 1. The average molecular weight is 279 g/mol. The van der Waals surface area contributed by atoms with E-state index in [-0.39, 0.29) is 6.04 Å². The zero-order valence-corrected chi connectivity index (χ0v) is 13.5. The summed E-state index contributed by atoms with van der Waals surface area (Å²) in [6, 6.07) is 4.08. The molecule has 0 amide bonds. The fourth-order valence-electron chi connectivity index (χ4n) is 2.66. The van der Waals surface area contributed by atoms with Gasteiger partial charge in [0.05, 0.1) is 13.2 Å². The molecular weight excluding hydrogens is 250 g/mol. The van der Waals surface area contributed by atoms with E-state index in [0.717, 1.165) is 41.8 Å². The van der Waals surface area contributed by atoms with Gasteiger partial charge in [-0.05, 0) is 62.1 Å². The molecule has 1 aromatic rings. The lowest BCUT2D eigenvalue weighted by Crippen LogP contribution is -2.35. The van der Waals surface area contributed by atoms with Crippen molar-refractivity contribution in [2.45, 2.75) is 59.1 Å². The second-order valence-corrected chi connectivity index (χ2v) is 5.44. The van der Waals surface area contributed by atoms with Gasteiger partial charge < -0.3 is 15.2 Å². The van der Waals surface area contributed by atoms with Crippen LogP contribution in [0.15, 0.2) is 12.1 Å². The Kier molecular flexibility index (Phi) is 7.03. The molecule has 3 nitrogen and oxygen atoms in total. The first-order valence-electron chi connectivity index (χ1n) is 7.61. The van der Waals surface area contributed by atoms with E-state index in [1.807, 2.05) is 26.0 Å². The molecule has 114 valence electrons. The molecule has 0 aromatic heterocycles. The summed E-state index contributed by atoms with van der Waals surface area (Å²) >= 11 is 0. The number of aliphatic hydroxyl groups excluding tert-OH is 1. The summed E-state index contributed by atoms with van der Waals surface area (Å²) in [5.74, 6) is 0.850. The predicted octanol–water partition coefficient (Wildman–Crippen LogP) is 3.51. The predicted molar refractivity (Wildman–Crippen MR) is 84.4 cm³/mol. The second kappa shape index (κ2) is 8.28. The van der Waals surface area contributed by atoms with Gasteiger partial charge in [0, 0.05) is 6.04 Å². The van der Waals surface area contributed by atoms with Crippen molar-refractivity contribution in [3.63, 3.8) is 0 Å². The van der Waals surface area contributed by atoms with Crippen molar-refractivity contribution >= 4 is 0 Å². The largest absolute Gasteiger partial charge is 0.497 e. The van der Waals surface area contributed by atoms with Crippen molar-refractivity contribution in [1.29, 1.82) is 0 Å². The van der Waals surface area contributed by atoms with Crippen LogP contribution in [0, 0.1) is 13.8 Å². The fraction of sp³-hybridized carbons (Fsp3) is 0.647. The highest BCUT2D eigenvalue weighted by molar-refractivity contribution is 5.42. The number of aryl methyl sites for hydroxylation is 2. The summed E-state index contributed by atoms with van der Waals surface area (Å²) in [6.45, 7) is 9.32. The van der Waals surface area contributed by atoms with Crippen LogP contribution in [0.4, 0.5) is 0 Å². The molecule has 2 atom stereocenters. The number of aliphatic hydroxyl groups is 1. The highest BCUT2D eigenvalue weighted by Crippen LogP contribution is 2.29. The van der Waals surface area contributed by atoms with E-state index in [4.69, 9.17) is 4.74 Å². The maximum Gasteiger partial charge on any atom is 0.119 e. The van der Waals surface area contributed by atoms with Crippen LogP contribution >= 0.6 is 0 Å². The van der Waals surface area contributed by atoms with Gasteiger partial charge in [-0.1, -0.05) is 20.3 Å². The molecule has 1 aromatic carbocycles. The quantitative estimate of drug-likeness (QED) is 0.715. The Bertz CT molecular complexity index is 394. The Morgan fingerprint density at radius 2 is 1.80 bits per heavy atom. The van der Waals surface area contributed by atoms with Crippen molar-refractivity contribution in [2.75, 3.05) is 13.7 Å². The summed E-state index contributed by atoms with van der Waals surface area (Å²) < 4.78 is 5.28. The topological polar surface area (TPSA) is 41.5 Å². The van der Waals surface area contributed by atoms with Crippen LogP contribution in [0.25, 0.3) is 0 Å². The molecule has 0 saturated carbocycles. The van der Waals surface area contributed by atoms with Crippen molar-refractivity contribution in [1.82, 2.24) is 5.32 Å². The summed E-state index contributed by atoms with van der Waals surface area (Å²) in [7, 11) is 1.67. The SMILES string of the molecule is CCCCNC(CC)C(O)c1c(C)cc(OC)cc1C. The molecule has 3 heteroatoms. The lowest BCUT2D eigenvalue weighted by Gasteiger charge is -2.26. The number of hydrogen-bond acceptors (Lipinski definition) is 3. The maximum absolute atomic E-state index is 10.7. The molecule has 0 spiro atoms. The molecule has 20 heavy (non-hydrogen) atoms. The normalized spacial score (nSPS) is 14.1. The van der Waals surface area contributed by atoms with Crippen molar-refractivity contribution in [3.8, 4) is 5.75 Å². The zero-order chi connectivity index (χ0) is 15.1. The molecular formula is C17H29NO2. The Morgan fingerprint density at radius 3 is 2.25 bits per heavy atom. The van der Waals surface area contributed by atoms with Crippen molar-refractivity contribution < 1.29 is 9.84 Å². The van der Waals surface area contributed by atoms with E-state index in [0.29, 0.717) is 0 Å². The van der Waals surface area contributed by atoms with Crippen molar-refractivity contribution in [2.24, 2.45) is 0 Å². The van der Waals surface area contributed by atoms with Gasteiger partial charge in [0.1, 0.15) is 5.75 Å². The zero-order valence-electron chi connectivity index (χ0n) is 13.5. The van der Waals surface area contributed by atoms with Crippen molar-refractivity contribution in [3.05, 3.63) is 28.8 Å². The molecule has 0 aliphatic carbocycles. The lowest BCUT2D eigenvalue weighted by molar-refractivity contribution is 0.124. The van der Waals surface area contributed by atoms with Crippen LogP contribution in [0.3, 0.4) is 0 Å². The van der Waals surface area contributed by atoms with Gasteiger partial charge in [0.2, 0.25) is 0 Å². The first-order valence-corrected chi connectivity index (χ1v) is 7.61. The van der Waals surface area contributed by atoms with E-state index in [1.165, 1.54) is 6.42 Å². The summed E-state index contributed by atoms with van der Waals surface area (Å²) in [6.07, 6.45) is 2.75. The minimum atomic E-state index is -0.470. The van der Waals surface area contributed by atoms with Crippen LogP contribution < -0.4 is 10.1 Å². The number of rotatable bonds is 8. The third-order valence-electron chi connectivity index (χ3n) is 3.86. The van der Waals surface area contributed by atoms with Crippen LogP contribution in [-0.2, 0) is 0 Å². The van der Waals surface area contributed by atoms with Crippen LogP contribution in [0.5, 0.6) is 5.75 Å². The van der Waals surface area contributed by atoms with E-state index < -0.39 is 6.10 Å². The van der Waals surface area contributed by atoms with E-state index in [9.17, 15) is 5.11 Å². The Morgan fingerprint density at radius 1 is 1.20 bits per heavy atom. The monoisotopic (exact) mass is 279 g/mol. The minimum absolute atomic E-state index is 0.104. The van der Waals surface area contributed by atoms with Gasteiger partial charge in [0.25, 0.3) is 0 Å². The van der Waals surface area contributed by atoms with Crippen LogP contribution in [-0.4, -0.2) is 24.8 Å². The summed E-state index contributed by atoms with van der Waals surface area (Å²) in [5.41, 5.74) is 3.21. The number of unbranched alkanes of at least 4 members (excludes halogenated alkanes) is 1. The molecule has 1 rings (SSSR count). The standard InChI is InChI=1S/C17H29NO2/c1-6-8-9-18-15(7-2)17(19)16-12(3)10-14(20-5)11-13(16)4/h10-11,15,17-19H,6-9H2,1-5H3. The van der Waals surface area contributed by atoms with E-state index in [2.05, 4.69) is 19.2 Å². The molecule has 0 heterocycles. The van der Waals surface area contributed by atoms with Crippen LogP contribution in [0.2, 0.25) is 0 Å². The molecule has 0 radical (unpaired) electrons. The van der Waals surface area contributed by atoms with Gasteiger partial charge in [-0.3, -0.25) is 0 Å². The molecule has 0 bridgehead atoms. The Labute approximate surface area is 123 Å². The van der Waals surface area contributed by atoms with Gasteiger partial charge in [-0.25, -0.2) is 0 Å². The molecule has 2 N–H and O–H groups in total. The van der Waals surface area contributed by atoms with Gasteiger partial charge in [-0.2, -0.15) is 0 Å². The molecule has 2 unspecified atom stereocenters. The molecule has 0 fully saturated rings. The van der Waals surface area contributed by atoms with E-state index in [1.54, 1.807) is 7.11 Å². The average Bonchev–Trinajstić information content (AvgIpc) is 2.42. The first-order chi connectivity index (χ1) is 9.54. The minimum Gasteiger partial charge on any atom is -0.497 e. The lowest BCUT2D eigenvalue weighted by atomic mass is 9.92. The maximum atomic E-state index is 10.7. The van der Waals surface area contributed by atoms with Gasteiger partial charge in [0.15, 0.2) is 0 Å². The Hall–Kier alpha value is -1.06. The van der Waals surface area contributed by atoms with Crippen LogP contribution in [0.1, 0.15) is 55.9 Å². The third kappa shape index (κ3) is 4.22. The summed E-state index contributed by atoms with van der Waals surface area (Å²) in [4.78, 5) is 0. The molecule has 0 aliphatic rings. The summed E-state index contributed by atoms with van der Waals surface area (Å²) in [5, 5.41) is 14.2. The Balaban J connectivity index is 2.91. The van der Waals surface area contributed by atoms with Gasteiger partial charge >= 0.3 is 0 Å². The fourth-order valence-corrected chi connectivity index (χ4v) is 2.66. The highest BCUT2D eigenvalue weighted by Gasteiger charge is 2.22. The first kappa shape index (κ1) is 17.0. The highest BCUT2D eigenvalue weighted by atomic mass is 16.5. The molecule has 0 saturated heterocycles. The van der Waals surface area contributed by atoms with Gasteiger partial charge in [-0.15, -0.1) is 0 Å². The van der Waals surface area contributed by atoms with E-state index >= 15 is 0 Å². The number of benzene rings is 1.